The second-order valence-corrected chi connectivity index (χ2v) is 3.68. The molecule has 0 bridgehead atoms. The molecule has 1 rings (SSSR count). The molecule has 0 aliphatic carbocycles. The van der Waals surface area contributed by atoms with Crippen LogP contribution in [0.2, 0.25) is 0 Å². The number of ketones is 1. The molecule has 0 aliphatic rings. The molecule has 0 fully saturated rings. The van der Waals surface area contributed by atoms with Crippen LogP contribution >= 0.6 is 0 Å². The molecule has 1 aromatic rings. The molecule has 4 nitrogen and oxygen atoms in total. The van der Waals surface area contributed by atoms with Crippen LogP contribution < -0.4 is 0 Å². The third-order valence-corrected chi connectivity index (χ3v) is 2.13. The highest BCUT2D eigenvalue weighted by Crippen LogP contribution is 2.04. The van der Waals surface area contributed by atoms with Crippen LogP contribution in [0.15, 0.2) is 36.7 Å². The molecule has 0 atom stereocenters. The van der Waals surface area contributed by atoms with Gasteiger partial charge in [-0.1, -0.05) is 6.58 Å². The number of esters is 1. The van der Waals surface area contributed by atoms with Crippen LogP contribution in [0, 0.1) is 0 Å². The summed E-state index contributed by atoms with van der Waals surface area (Å²) in [5, 5.41) is 0. The van der Waals surface area contributed by atoms with Crippen LogP contribution in [0.4, 0.5) is 0 Å². The van der Waals surface area contributed by atoms with Gasteiger partial charge in [0.15, 0.2) is 5.78 Å². The molecule has 0 spiro atoms. The van der Waals surface area contributed by atoms with Crippen molar-refractivity contribution in [1.82, 2.24) is 4.98 Å². The van der Waals surface area contributed by atoms with Gasteiger partial charge in [0.05, 0.1) is 6.61 Å². The largest absolute Gasteiger partial charge is 0.462 e. The third kappa shape index (κ3) is 4.59. The maximum atomic E-state index is 11.6. The van der Waals surface area contributed by atoms with Crippen molar-refractivity contribution < 1.29 is 14.3 Å². The van der Waals surface area contributed by atoms with Crippen LogP contribution in [0.3, 0.4) is 0 Å². The number of ether oxygens (including phenoxy) is 1. The van der Waals surface area contributed by atoms with E-state index in [0.717, 1.165) is 0 Å². The van der Waals surface area contributed by atoms with Crippen LogP contribution in [0.25, 0.3) is 0 Å². The Morgan fingerprint density at radius 3 is 2.59 bits per heavy atom. The summed E-state index contributed by atoms with van der Waals surface area (Å²) in [7, 11) is 0. The molecule has 1 aromatic heterocycles. The van der Waals surface area contributed by atoms with Gasteiger partial charge < -0.3 is 4.74 Å². The predicted octanol–water partition coefficient (Wildman–Crippen LogP) is 2.16. The molecule has 0 unspecified atom stereocenters. The first-order chi connectivity index (χ1) is 8.11. The van der Waals surface area contributed by atoms with Gasteiger partial charge >= 0.3 is 5.97 Å². The summed E-state index contributed by atoms with van der Waals surface area (Å²) in [6, 6.07) is 3.34. The Morgan fingerprint density at radius 2 is 2.00 bits per heavy atom. The van der Waals surface area contributed by atoms with E-state index in [4.69, 9.17) is 4.74 Å². The van der Waals surface area contributed by atoms with E-state index in [9.17, 15) is 9.59 Å². The fourth-order valence-corrected chi connectivity index (χ4v) is 1.20. The van der Waals surface area contributed by atoms with E-state index >= 15 is 0 Å². The van der Waals surface area contributed by atoms with E-state index in [2.05, 4.69) is 11.6 Å². The van der Waals surface area contributed by atoms with Crippen molar-refractivity contribution in [3.05, 3.63) is 42.2 Å². The monoisotopic (exact) mass is 233 g/mol. The number of hydrogen-bond donors (Lipinski definition) is 0. The fraction of sp³-hybridized carbons (Fsp3) is 0.308. The smallest absolute Gasteiger partial charge is 0.333 e. The summed E-state index contributed by atoms with van der Waals surface area (Å²) in [6.45, 7) is 5.29. The minimum absolute atomic E-state index is 0.0266. The van der Waals surface area contributed by atoms with Gasteiger partial charge in [0.2, 0.25) is 0 Å². The van der Waals surface area contributed by atoms with E-state index in [-0.39, 0.29) is 12.4 Å². The molecule has 17 heavy (non-hydrogen) atoms. The van der Waals surface area contributed by atoms with Gasteiger partial charge in [-0.05, 0) is 25.5 Å². The lowest BCUT2D eigenvalue weighted by Gasteiger charge is -2.03. The van der Waals surface area contributed by atoms with E-state index < -0.39 is 5.97 Å². The number of carbonyl (C=O) groups is 2. The molecule has 90 valence electrons. The Bertz CT molecular complexity index is 412. The molecule has 0 aromatic carbocycles. The zero-order chi connectivity index (χ0) is 12.7. The standard InChI is InChI=1S/C13H15NO3/c1-10(2)13(16)17-9-3-4-12(15)11-5-7-14-8-6-11/h5-8H,1,3-4,9H2,2H3. The highest BCUT2D eigenvalue weighted by atomic mass is 16.5. The minimum atomic E-state index is -0.415. The number of pyridine rings is 1. The SMILES string of the molecule is C=C(C)C(=O)OCCCC(=O)c1ccncc1. The van der Waals surface area contributed by atoms with Crippen molar-refractivity contribution in [3.8, 4) is 0 Å². The third-order valence-electron chi connectivity index (χ3n) is 2.13. The van der Waals surface area contributed by atoms with Crippen molar-refractivity contribution >= 4 is 11.8 Å². The minimum Gasteiger partial charge on any atom is -0.462 e. The Morgan fingerprint density at radius 1 is 1.35 bits per heavy atom. The Kier molecular flexibility index (Phi) is 5.07. The summed E-state index contributed by atoms with van der Waals surface area (Å²) in [5.41, 5.74) is 0.997. The number of aromatic nitrogens is 1. The Balaban J connectivity index is 2.26. The molecule has 0 amide bonds. The molecule has 0 radical (unpaired) electrons. The summed E-state index contributed by atoms with van der Waals surface area (Å²) >= 11 is 0. The zero-order valence-corrected chi connectivity index (χ0v) is 9.81. The van der Waals surface area contributed by atoms with E-state index in [1.54, 1.807) is 31.5 Å². The normalized spacial score (nSPS) is 9.71. The molecule has 0 aliphatic heterocycles. The number of nitrogens with zero attached hydrogens (tertiary/aromatic N) is 1. The number of Topliss-reactive ketones (excluding diaryl/α,β-unsaturated/α-hetero) is 1. The highest BCUT2D eigenvalue weighted by Gasteiger charge is 2.06. The van der Waals surface area contributed by atoms with E-state index in [1.807, 2.05) is 0 Å². The van der Waals surface area contributed by atoms with Gasteiger partial charge in [-0.3, -0.25) is 9.78 Å². The number of hydrogen-bond acceptors (Lipinski definition) is 4. The molecular formula is C13H15NO3. The molecule has 0 N–H and O–H groups in total. The fourth-order valence-electron chi connectivity index (χ4n) is 1.20. The molecule has 4 heteroatoms. The quantitative estimate of drug-likeness (QED) is 0.327. The van der Waals surface area contributed by atoms with Crippen molar-refractivity contribution in [2.24, 2.45) is 0 Å². The average molecular weight is 233 g/mol. The second kappa shape index (κ2) is 6.58. The predicted molar refractivity (Wildman–Crippen MR) is 63.6 cm³/mol. The molecule has 1 heterocycles. The maximum absolute atomic E-state index is 11.6. The van der Waals surface area contributed by atoms with Crippen LogP contribution in [0.1, 0.15) is 30.1 Å². The first kappa shape index (κ1) is 13.1. The number of rotatable bonds is 6. The average Bonchev–Trinajstić information content (AvgIpc) is 2.35. The van der Waals surface area contributed by atoms with Crippen molar-refractivity contribution in [2.45, 2.75) is 19.8 Å². The lowest BCUT2D eigenvalue weighted by molar-refractivity contribution is -0.139. The second-order valence-electron chi connectivity index (χ2n) is 3.68. The molecule has 0 saturated heterocycles. The Hall–Kier alpha value is -1.97. The van der Waals surface area contributed by atoms with Gasteiger partial charge in [-0.25, -0.2) is 4.79 Å². The van der Waals surface area contributed by atoms with Gasteiger partial charge in [0.1, 0.15) is 0 Å². The lowest BCUT2D eigenvalue weighted by atomic mass is 10.1. The summed E-state index contributed by atoms with van der Waals surface area (Å²) < 4.78 is 4.89. The van der Waals surface area contributed by atoms with Crippen molar-refractivity contribution in [1.29, 1.82) is 0 Å². The van der Waals surface area contributed by atoms with Gasteiger partial charge in [0.25, 0.3) is 0 Å². The van der Waals surface area contributed by atoms with Gasteiger partial charge in [-0.2, -0.15) is 0 Å². The zero-order valence-electron chi connectivity index (χ0n) is 9.81. The lowest BCUT2D eigenvalue weighted by Crippen LogP contribution is -2.08. The van der Waals surface area contributed by atoms with Crippen LogP contribution in [-0.2, 0) is 9.53 Å². The molecular weight excluding hydrogens is 218 g/mol. The molecule has 0 saturated carbocycles. The first-order valence-electron chi connectivity index (χ1n) is 5.37. The van der Waals surface area contributed by atoms with Crippen LogP contribution in [0.5, 0.6) is 0 Å². The topological polar surface area (TPSA) is 56.3 Å². The van der Waals surface area contributed by atoms with Crippen molar-refractivity contribution in [3.63, 3.8) is 0 Å². The summed E-state index contributed by atoms with van der Waals surface area (Å²) in [4.78, 5) is 26.5. The first-order valence-corrected chi connectivity index (χ1v) is 5.37. The highest BCUT2D eigenvalue weighted by molar-refractivity contribution is 5.95. The van der Waals surface area contributed by atoms with Crippen LogP contribution in [-0.4, -0.2) is 23.3 Å². The van der Waals surface area contributed by atoms with E-state index in [1.165, 1.54) is 0 Å². The summed E-state index contributed by atoms with van der Waals surface area (Å²) in [6.07, 6.45) is 4.02. The van der Waals surface area contributed by atoms with Gasteiger partial charge in [0, 0.05) is 30.0 Å². The maximum Gasteiger partial charge on any atom is 0.333 e. The van der Waals surface area contributed by atoms with Gasteiger partial charge in [-0.15, -0.1) is 0 Å². The number of carbonyl (C=O) groups excluding carboxylic acids is 2. The van der Waals surface area contributed by atoms with E-state index in [0.29, 0.717) is 24.0 Å². The Labute approximate surface area is 100 Å². The van der Waals surface area contributed by atoms with Crippen molar-refractivity contribution in [2.75, 3.05) is 6.61 Å². The summed E-state index contributed by atoms with van der Waals surface area (Å²) in [5.74, 6) is -0.389.